The van der Waals surface area contributed by atoms with Gasteiger partial charge in [0.2, 0.25) is 11.1 Å². The number of halogens is 6. The Morgan fingerprint density at radius 1 is 1.00 bits per heavy atom. The summed E-state index contributed by atoms with van der Waals surface area (Å²) in [6.07, 6.45) is -5.36. The van der Waals surface area contributed by atoms with Crippen LogP contribution in [0.15, 0.2) is 0 Å². The highest BCUT2D eigenvalue weighted by Crippen LogP contribution is 2.24. The maximum atomic E-state index is 11.4. The van der Waals surface area contributed by atoms with E-state index in [1.165, 1.54) is 0 Å². The summed E-state index contributed by atoms with van der Waals surface area (Å²) < 4.78 is 93.4. The van der Waals surface area contributed by atoms with Crippen LogP contribution in [0.3, 0.4) is 0 Å². The smallest absolute Gasteiger partial charge is 0.408 e. The second-order valence-electron chi connectivity index (χ2n) is 1.58. The van der Waals surface area contributed by atoms with Gasteiger partial charge < -0.3 is 9.17 Å². The zero-order valence-corrected chi connectivity index (χ0v) is 7.80. The first-order valence-corrected chi connectivity index (χ1v) is 4.68. The number of hydrogen-bond acceptors (Lipinski definition) is 4. The molecule has 5 nitrogen and oxygen atoms in total. The van der Waals surface area contributed by atoms with Crippen LogP contribution >= 0.6 is 0 Å². The third kappa shape index (κ3) is 7.66. The van der Waals surface area contributed by atoms with Crippen molar-refractivity contribution < 1.29 is 43.2 Å². The van der Waals surface area contributed by atoms with Gasteiger partial charge in [-0.1, -0.05) is 0 Å². The molecule has 92 valence electrons. The van der Waals surface area contributed by atoms with Crippen LogP contribution in [0, 0.1) is 0 Å². The van der Waals surface area contributed by atoms with E-state index < -0.39 is 34.2 Å². The van der Waals surface area contributed by atoms with Crippen molar-refractivity contribution in [1.29, 1.82) is 0 Å². The van der Waals surface area contributed by atoms with Gasteiger partial charge in [0.25, 0.3) is 0 Å². The van der Waals surface area contributed by atoms with Gasteiger partial charge in [-0.05, 0) is 0 Å². The normalized spacial score (nSPS) is 17.5. The maximum absolute atomic E-state index is 11.4. The van der Waals surface area contributed by atoms with Crippen molar-refractivity contribution in [3.8, 4) is 0 Å². The number of rotatable bonds is 4. The largest absolute Gasteiger partial charge is 0.534 e. The minimum atomic E-state index is -5.36. The van der Waals surface area contributed by atoms with E-state index in [-0.39, 0.29) is 0 Å². The molecule has 0 heterocycles. The Kier molecular flexibility index (Phi) is 5.12. The first-order valence-electron chi connectivity index (χ1n) is 2.57. The Labute approximate surface area is 83.1 Å². The van der Waals surface area contributed by atoms with Crippen LogP contribution in [0.5, 0.6) is 0 Å². The standard InChI is InChI=1S/C2F6NO4S2/c3-1(4,5)12-15(11)9-13-14(10)2(6,7)8/q-1. The highest BCUT2D eigenvalue weighted by molar-refractivity contribution is 7.85. The summed E-state index contributed by atoms with van der Waals surface area (Å²) in [5.41, 5.74) is -5.34. The Balaban J connectivity index is 3.98. The monoisotopic (exact) mass is 280 g/mol. The van der Waals surface area contributed by atoms with E-state index >= 15 is 0 Å². The topological polar surface area (TPSA) is 66.7 Å². The molecular formula is C2F6NO4S2-. The van der Waals surface area contributed by atoms with E-state index in [1.54, 1.807) is 4.89 Å². The van der Waals surface area contributed by atoms with E-state index in [0.29, 0.717) is 0 Å². The summed E-state index contributed by atoms with van der Waals surface area (Å²) in [5.74, 6) is 0. The van der Waals surface area contributed by atoms with Crippen molar-refractivity contribution in [1.82, 2.24) is 0 Å². The summed E-state index contributed by atoms with van der Waals surface area (Å²) in [6, 6.07) is 0. The highest BCUT2D eigenvalue weighted by Gasteiger charge is 2.37. The molecule has 0 rings (SSSR count). The van der Waals surface area contributed by atoms with Crippen LogP contribution in [-0.2, 0) is 30.8 Å². The third-order valence-corrected chi connectivity index (χ3v) is 1.72. The van der Waals surface area contributed by atoms with Gasteiger partial charge in [0.15, 0.2) is 0 Å². The Bertz CT molecular complexity index is 261. The predicted molar refractivity (Wildman–Crippen MR) is 33.9 cm³/mol. The summed E-state index contributed by atoms with van der Waals surface area (Å²) >= 11 is -7.55. The highest BCUT2D eigenvalue weighted by atomic mass is 32.2. The summed E-state index contributed by atoms with van der Waals surface area (Å²) in [4.78, 5) is 1.79. The lowest BCUT2D eigenvalue weighted by Crippen LogP contribution is -2.19. The fourth-order valence-corrected chi connectivity index (χ4v) is 0.887. The van der Waals surface area contributed by atoms with Gasteiger partial charge in [-0.2, -0.15) is 13.2 Å². The Morgan fingerprint density at radius 3 is 1.80 bits per heavy atom. The summed E-state index contributed by atoms with van der Waals surface area (Å²) in [5, 5.41) is 0. The summed E-state index contributed by atoms with van der Waals surface area (Å²) in [6.45, 7) is 0. The van der Waals surface area contributed by atoms with Crippen LogP contribution in [0.4, 0.5) is 26.3 Å². The van der Waals surface area contributed by atoms with Crippen LogP contribution in [-0.4, -0.2) is 20.3 Å². The van der Waals surface area contributed by atoms with E-state index in [2.05, 4.69) is 8.47 Å². The Hall–Kier alpha value is -0.240. The van der Waals surface area contributed by atoms with Gasteiger partial charge in [0.1, 0.15) is 0 Å². The number of nitrogens with zero attached hydrogens (tertiary/aromatic N) is 1. The molecule has 2 unspecified atom stereocenters. The first kappa shape index (κ1) is 14.8. The molecule has 0 aromatic rings. The SMILES string of the molecule is O=S([N-]OS(=O)C(F)(F)F)OC(F)(F)F. The molecule has 0 aromatic heterocycles. The van der Waals surface area contributed by atoms with Crippen LogP contribution in [0.25, 0.3) is 4.89 Å². The molecule has 0 spiro atoms. The van der Waals surface area contributed by atoms with Crippen molar-refractivity contribution >= 4 is 22.3 Å². The third-order valence-electron chi connectivity index (χ3n) is 0.514. The van der Waals surface area contributed by atoms with Gasteiger partial charge >= 0.3 is 11.9 Å². The lowest BCUT2D eigenvalue weighted by Gasteiger charge is -2.19. The quantitative estimate of drug-likeness (QED) is 0.579. The fourth-order valence-electron chi connectivity index (χ4n) is 0.191. The van der Waals surface area contributed by atoms with E-state index in [0.717, 1.165) is 0 Å². The lowest BCUT2D eigenvalue weighted by molar-refractivity contribution is -0.269. The second-order valence-corrected chi connectivity index (χ2v) is 3.41. The van der Waals surface area contributed by atoms with E-state index in [1.807, 2.05) is 0 Å². The van der Waals surface area contributed by atoms with Crippen LogP contribution < -0.4 is 0 Å². The molecule has 0 fully saturated rings. The zero-order valence-electron chi connectivity index (χ0n) is 6.16. The summed E-state index contributed by atoms with van der Waals surface area (Å²) in [7, 11) is 0. The molecule has 2 atom stereocenters. The van der Waals surface area contributed by atoms with Crippen molar-refractivity contribution in [3.05, 3.63) is 4.89 Å². The van der Waals surface area contributed by atoms with Gasteiger partial charge in [-0.25, -0.2) is 8.39 Å². The van der Waals surface area contributed by atoms with Crippen molar-refractivity contribution in [2.24, 2.45) is 0 Å². The second kappa shape index (κ2) is 5.20. The molecule has 15 heavy (non-hydrogen) atoms. The molecule has 0 saturated heterocycles. The zero-order chi connectivity index (χ0) is 12.3. The minimum Gasteiger partial charge on any atom is -0.408 e. The average molecular weight is 280 g/mol. The van der Waals surface area contributed by atoms with Gasteiger partial charge in [0.05, 0.1) is 11.3 Å². The molecule has 0 radical (unpaired) electrons. The Morgan fingerprint density at radius 2 is 1.47 bits per heavy atom. The van der Waals surface area contributed by atoms with Crippen molar-refractivity contribution in [2.45, 2.75) is 11.9 Å². The minimum absolute atomic E-state index is 1.79. The van der Waals surface area contributed by atoms with Gasteiger partial charge in [0, 0.05) is 0 Å². The molecule has 0 aliphatic carbocycles. The molecule has 0 amide bonds. The molecular weight excluding hydrogens is 280 g/mol. The molecule has 0 aliphatic rings. The lowest BCUT2D eigenvalue weighted by atomic mass is 11.4. The van der Waals surface area contributed by atoms with Crippen molar-refractivity contribution in [3.63, 3.8) is 0 Å². The molecule has 13 heteroatoms. The molecule has 0 N–H and O–H groups in total. The molecule has 0 bridgehead atoms. The fraction of sp³-hybridized carbons (Fsp3) is 1.00. The van der Waals surface area contributed by atoms with E-state index in [9.17, 15) is 34.8 Å². The average Bonchev–Trinajstić information content (AvgIpc) is 1.94. The molecule has 0 aliphatic heterocycles. The molecule has 0 saturated carbocycles. The number of hydrogen-bond donors (Lipinski definition) is 0. The van der Waals surface area contributed by atoms with Gasteiger partial charge in [-0.3, -0.25) is 4.21 Å². The van der Waals surface area contributed by atoms with Crippen molar-refractivity contribution in [2.75, 3.05) is 0 Å². The maximum Gasteiger partial charge on any atom is 0.534 e. The van der Waals surface area contributed by atoms with Gasteiger partial charge in [-0.15, -0.1) is 13.2 Å². The molecule has 0 aromatic carbocycles. The van der Waals surface area contributed by atoms with Crippen LogP contribution in [0.1, 0.15) is 0 Å². The predicted octanol–water partition coefficient (Wildman–Crippen LogP) is 1.59. The first-order chi connectivity index (χ1) is 6.52. The van der Waals surface area contributed by atoms with E-state index in [4.69, 9.17) is 0 Å². The number of alkyl halides is 6. The van der Waals surface area contributed by atoms with Crippen LogP contribution in [0.2, 0.25) is 0 Å².